The monoisotopic (exact) mass is 426 g/mol. The van der Waals surface area contributed by atoms with E-state index in [1.807, 2.05) is 0 Å². The van der Waals surface area contributed by atoms with Crippen LogP contribution in [0.5, 0.6) is 0 Å². The number of hydrogen-bond acceptors (Lipinski definition) is 4. The van der Waals surface area contributed by atoms with Crippen molar-refractivity contribution in [1.29, 1.82) is 0 Å². The summed E-state index contributed by atoms with van der Waals surface area (Å²) in [4.78, 5) is 19.8. The molecule has 0 saturated heterocycles. The standard InChI is InChI=1S/C8F14O4/c9-1(23)3(11,5(13,14)15)25-8(22,7(19,20)21)26-4(12,2(10)24)6(16,17)18. The summed E-state index contributed by atoms with van der Waals surface area (Å²) in [6.07, 6.45) is -21.9. The summed E-state index contributed by atoms with van der Waals surface area (Å²) in [5.41, 5.74) is 0. The Morgan fingerprint density at radius 2 is 0.731 bits per heavy atom. The quantitative estimate of drug-likeness (QED) is 0.370. The van der Waals surface area contributed by atoms with Gasteiger partial charge in [-0.3, -0.25) is 19.1 Å². The van der Waals surface area contributed by atoms with E-state index in [0.717, 1.165) is 0 Å². The van der Waals surface area contributed by atoms with E-state index in [1.165, 1.54) is 0 Å². The minimum atomic E-state index is -7.46. The second-order valence-electron chi connectivity index (χ2n) is 3.97. The molecule has 26 heavy (non-hydrogen) atoms. The van der Waals surface area contributed by atoms with Gasteiger partial charge in [-0.05, 0) is 0 Å². The Hall–Kier alpha value is -1.72. The maximum Gasteiger partial charge on any atom is 0.478 e. The number of ether oxygens (including phenoxy) is 2. The molecule has 0 fully saturated rings. The van der Waals surface area contributed by atoms with Crippen LogP contribution in [0.4, 0.5) is 61.5 Å². The molecule has 18 heteroatoms. The summed E-state index contributed by atoms with van der Waals surface area (Å²) in [6.45, 7) is 0. The van der Waals surface area contributed by atoms with Gasteiger partial charge in [-0.1, -0.05) is 0 Å². The zero-order valence-corrected chi connectivity index (χ0v) is 10.9. The van der Waals surface area contributed by atoms with Crippen LogP contribution in [-0.2, 0) is 19.1 Å². The molecule has 0 aromatic carbocycles. The molecule has 0 saturated carbocycles. The third-order valence-electron chi connectivity index (χ3n) is 2.12. The van der Waals surface area contributed by atoms with E-state index in [2.05, 4.69) is 0 Å². The smallest absolute Gasteiger partial charge is 0.262 e. The molecular weight excluding hydrogens is 426 g/mol. The van der Waals surface area contributed by atoms with E-state index in [1.54, 1.807) is 9.47 Å². The second kappa shape index (κ2) is 6.46. The van der Waals surface area contributed by atoms with Crippen LogP contribution in [0.15, 0.2) is 0 Å². The predicted molar refractivity (Wildman–Crippen MR) is 44.1 cm³/mol. The van der Waals surface area contributed by atoms with E-state index in [-0.39, 0.29) is 0 Å². The van der Waals surface area contributed by atoms with Crippen molar-refractivity contribution in [3.63, 3.8) is 0 Å². The highest BCUT2D eigenvalue weighted by Gasteiger charge is 2.78. The third-order valence-corrected chi connectivity index (χ3v) is 2.12. The fourth-order valence-electron chi connectivity index (χ4n) is 0.917. The van der Waals surface area contributed by atoms with Gasteiger partial charge >= 0.3 is 48.4 Å². The molecule has 0 radical (unpaired) electrons. The molecule has 0 amide bonds. The molecular formula is C8F14O4. The summed E-state index contributed by atoms with van der Waals surface area (Å²) in [6, 6.07) is -16.5. The van der Waals surface area contributed by atoms with Gasteiger partial charge in [0.15, 0.2) is 0 Å². The topological polar surface area (TPSA) is 52.6 Å². The van der Waals surface area contributed by atoms with Crippen molar-refractivity contribution in [2.45, 2.75) is 36.3 Å². The number of halogens is 14. The molecule has 0 N–H and O–H groups in total. The first-order chi connectivity index (χ1) is 11.1. The van der Waals surface area contributed by atoms with Gasteiger partial charge in [0.05, 0.1) is 0 Å². The van der Waals surface area contributed by atoms with Gasteiger partial charge in [-0.2, -0.15) is 61.5 Å². The molecule has 0 aliphatic rings. The van der Waals surface area contributed by atoms with Gasteiger partial charge < -0.3 is 0 Å². The van der Waals surface area contributed by atoms with Crippen LogP contribution in [0, 0.1) is 0 Å². The Morgan fingerprint density at radius 3 is 0.846 bits per heavy atom. The number of carbonyl (C=O) groups excluding carboxylic acids is 2. The average molecular weight is 426 g/mol. The lowest BCUT2D eigenvalue weighted by Gasteiger charge is -2.36. The number of carbonyl (C=O) groups is 2. The highest BCUT2D eigenvalue weighted by Crippen LogP contribution is 2.50. The molecule has 0 spiro atoms. The molecule has 2 atom stereocenters. The molecule has 0 rings (SSSR count). The summed E-state index contributed by atoms with van der Waals surface area (Å²) >= 11 is 0. The van der Waals surface area contributed by atoms with E-state index in [0.29, 0.717) is 0 Å². The van der Waals surface area contributed by atoms with Crippen LogP contribution < -0.4 is 0 Å². The van der Waals surface area contributed by atoms with Crippen molar-refractivity contribution in [3.8, 4) is 0 Å². The minimum Gasteiger partial charge on any atom is -0.262 e. The Kier molecular flexibility index (Phi) is 6.04. The van der Waals surface area contributed by atoms with Gasteiger partial charge in [0.1, 0.15) is 0 Å². The summed E-state index contributed by atoms with van der Waals surface area (Å²) < 4.78 is 176. The Balaban J connectivity index is 6.44. The molecule has 4 nitrogen and oxygen atoms in total. The number of rotatable bonds is 6. The zero-order valence-electron chi connectivity index (χ0n) is 10.9. The van der Waals surface area contributed by atoms with Crippen LogP contribution in [0.2, 0.25) is 0 Å². The lowest BCUT2D eigenvalue weighted by molar-refractivity contribution is -0.528. The molecule has 2 unspecified atom stereocenters. The van der Waals surface area contributed by atoms with E-state index >= 15 is 0 Å². The van der Waals surface area contributed by atoms with Crippen LogP contribution in [0.1, 0.15) is 0 Å². The molecule has 0 heterocycles. The van der Waals surface area contributed by atoms with E-state index in [9.17, 15) is 71.1 Å². The van der Waals surface area contributed by atoms with Gasteiger partial charge in [0.25, 0.3) is 0 Å². The van der Waals surface area contributed by atoms with Gasteiger partial charge in [0, 0.05) is 0 Å². The first-order valence-corrected chi connectivity index (χ1v) is 5.12. The van der Waals surface area contributed by atoms with Crippen LogP contribution in [0.3, 0.4) is 0 Å². The maximum atomic E-state index is 13.4. The summed E-state index contributed by atoms with van der Waals surface area (Å²) in [5, 5.41) is 0. The van der Waals surface area contributed by atoms with Gasteiger partial charge in [-0.25, -0.2) is 0 Å². The largest absolute Gasteiger partial charge is 0.478 e. The van der Waals surface area contributed by atoms with Gasteiger partial charge in [-0.15, -0.1) is 0 Å². The average Bonchev–Trinajstić information content (AvgIpc) is 2.33. The van der Waals surface area contributed by atoms with Crippen molar-refractivity contribution in [1.82, 2.24) is 0 Å². The van der Waals surface area contributed by atoms with Crippen LogP contribution in [0.25, 0.3) is 0 Å². The Bertz CT molecular complexity index is 523. The van der Waals surface area contributed by atoms with E-state index in [4.69, 9.17) is 0 Å². The lowest BCUT2D eigenvalue weighted by atomic mass is 10.3. The van der Waals surface area contributed by atoms with Crippen molar-refractivity contribution < 1.29 is 80.5 Å². The molecule has 0 aromatic rings. The van der Waals surface area contributed by atoms with Crippen LogP contribution >= 0.6 is 0 Å². The molecule has 154 valence electrons. The maximum absolute atomic E-state index is 13.4. The molecule has 0 aliphatic heterocycles. The second-order valence-corrected chi connectivity index (χ2v) is 3.97. The fraction of sp³-hybridized carbons (Fsp3) is 0.750. The Labute approximate surface area is 130 Å². The van der Waals surface area contributed by atoms with Gasteiger partial charge in [0.2, 0.25) is 0 Å². The van der Waals surface area contributed by atoms with Crippen molar-refractivity contribution in [3.05, 3.63) is 0 Å². The van der Waals surface area contributed by atoms with E-state index < -0.39 is 48.4 Å². The summed E-state index contributed by atoms with van der Waals surface area (Å²) in [5.74, 6) is -14.0. The number of alkyl halides is 12. The minimum absolute atomic E-state index is 1.67. The van der Waals surface area contributed by atoms with Crippen molar-refractivity contribution in [2.24, 2.45) is 0 Å². The SMILES string of the molecule is O=C(F)C(F)(OC(F)(OC(F)(C(=O)F)C(F)(F)F)C(F)(F)F)C(F)(F)F. The summed E-state index contributed by atoms with van der Waals surface area (Å²) in [7, 11) is 0. The van der Waals surface area contributed by atoms with Crippen molar-refractivity contribution >= 4 is 12.1 Å². The first kappa shape index (κ1) is 24.3. The predicted octanol–water partition coefficient (Wildman–Crippen LogP) is 3.65. The van der Waals surface area contributed by atoms with Crippen molar-refractivity contribution in [2.75, 3.05) is 0 Å². The van der Waals surface area contributed by atoms with Crippen LogP contribution in [-0.4, -0.2) is 48.4 Å². The molecule has 0 aromatic heterocycles. The molecule has 0 aliphatic carbocycles. The fourth-order valence-corrected chi connectivity index (χ4v) is 0.917. The normalized spacial score (nSPS) is 20.7. The third kappa shape index (κ3) is 4.15. The Morgan fingerprint density at radius 1 is 0.500 bits per heavy atom. The first-order valence-electron chi connectivity index (χ1n) is 5.12. The molecule has 0 bridgehead atoms. The lowest BCUT2D eigenvalue weighted by Crippen LogP contribution is -2.63. The zero-order chi connectivity index (χ0) is 21.6. The number of hydrogen-bond donors (Lipinski definition) is 0. The highest BCUT2D eigenvalue weighted by molar-refractivity contribution is 5.78. The highest BCUT2D eigenvalue weighted by atomic mass is 19.4.